The Hall–Kier alpha value is -0.420. The van der Waals surface area contributed by atoms with Gasteiger partial charge in [-0.25, -0.2) is 9.36 Å². The number of cyclic esters (lactones) is 1. The molecule has 1 aliphatic rings. The summed E-state index contributed by atoms with van der Waals surface area (Å²) in [5.41, 5.74) is -1.18. The van der Waals surface area contributed by atoms with Crippen molar-refractivity contribution in [3.63, 3.8) is 0 Å². The van der Waals surface area contributed by atoms with E-state index in [0.717, 1.165) is 12.8 Å². The van der Waals surface area contributed by atoms with Gasteiger partial charge in [0.15, 0.2) is 0 Å². The van der Waals surface area contributed by atoms with Gasteiger partial charge in [0, 0.05) is 6.61 Å². The van der Waals surface area contributed by atoms with Gasteiger partial charge >= 0.3 is 13.3 Å². The molecule has 0 radical (unpaired) electrons. The summed E-state index contributed by atoms with van der Waals surface area (Å²) < 4.78 is 26.1. The maximum atomic E-state index is 11.2. The molecule has 0 saturated carbocycles. The Bertz CT molecular complexity index is 457. The number of ether oxygens (including phenoxy) is 2. The highest BCUT2D eigenvalue weighted by atomic mass is 31.2. The van der Waals surface area contributed by atoms with Gasteiger partial charge in [-0.05, 0) is 6.42 Å². The Morgan fingerprint density at radius 2 is 1.31 bits per heavy atom. The fourth-order valence-electron chi connectivity index (χ4n) is 3.53. The van der Waals surface area contributed by atoms with Gasteiger partial charge in [0.05, 0.1) is 13.2 Å². The molecule has 0 aromatic heterocycles. The summed E-state index contributed by atoms with van der Waals surface area (Å²) in [6.07, 6.45) is 20.8. The minimum Gasteiger partial charge on any atom is -0.448 e. The fraction of sp³-hybridized carbons (Fsp3) is 0.955. The molecular weight excluding hydrogens is 391 g/mol. The van der Waals surface area contributed by atoms with Crippen LogP contribution in [0, 0.1) is 0 Å². The average Bonchev–Trinajstić information content (AvgIpc) is 2.70. The first-order valence-electron chi connectivity index (χ1n) is 11.8. The van der Waals surface area contributed by atoms with Crippen LogP contribution in [0.5, 0.6) is 0 Å². The molecule has 1 N–H and O–H groups in total. The van der Waals surface area contributed by atoms with Crippen LogP contribution in [0.1, 0.15) is 110 Å². The summed E-state index contributed by atoms with van der Waals surface area (Å²) in [7, 11) is -4.21. The lowest BCUT2D eigenvalue weighted by Crippen LogP contribution is -2.32. The molecule has 29 heavy (non-hydrogen) atoms. The molecule has 1 saturated heterocycles. The molecule has 172 valence electrons. The maximum Gasteiger partial charge on any atom is 0.436 e. The van der Waals surface area contributed by atoms with Crippen molar-refractivity contribution in [2.24, 2.45) is 0 Å². The summed E-state index contributed by atoms with van der Waals surface area (Å²) in [5.74, 6) is 0. The van der Waals surface area contributed by atoms with Crippen molar-refractivity contribution in [3.05, 3.63) is 0 Å². The zero-order valence-electron chi connectivity index (χ0n) is 18.4. The molecular formula is C22H43O6P. The molecule has 1 aliphatic heterocycles. The Kier molecular flexibility index (Phi) is 15.9. The molecule has 0 aromatic rings. The zero-order chi connectivity index (χ0) is 21.2. The zero-order valence-corrected chi connectivity index (χ0v) is 19.3. The van der Waals surface area contributed by atoms with Crippen molar-refractivity contribution >= 4 is 13.3 Å². The lowest BCUT2D eigenvalue weighted by atomic mass is 10.0. The van der Waals surface area contributed by atoms with E-state index in [1.807, 2.05) is 0 Å². The first-order chi connectivity index (χ1) is 14.1. The number of unbranched alkanes of at least 4 members (excludes halogenated alkanes) is 15. The molecule has 0 amide bonds. The summed E-state index contributed by atoms with van der Waals surface area (Å²) in [6.45, 7) is 3.01. The number of rotatable bonds is 19. The molecule has 0 bridgehead atoms. The molecule has 1 fully saturated rings. The summed E-state index contributed by atoms with van der Waals surface area (Å²) in [4.78, 5) is 20.3. The van der Waals surface area contributed by atoms with Gasteiger partial charge in [-0.2, -0.15) is 0 Å². The minimum absolute atomic E-state index is 0.0848. The van der Waals surface area contributed by atoms with E-state index in [1.54, 1.807) is 0 Å². The van der Waals surface area contributed by atoms with E-state index >= 15 is 0 Å². The second kappa shape index (κ2) is 17.3. The van der Waals surface area contributed by atoms with Gasteiger partial charge in [-0.15, -0.1) is 0 Å². The highest BCUT2D eigenvalue weighted by Crippen LogP contribution is 2.47. The third kappa shape index (κ3) is 14.3. The number of carbonyl (C=O) groups is 1. The van der Waals surface area contributed by atoms with Crippen LogP contribution in [0.2, 0.25) is 0 Å². The molecule has 7 heteroatoms. The van der Waals surface area contributed by atoms with E-state index in [0.29, 0.717) is 6.61 Å². The number of carbonyl (C=O) groups excluding carboxylic acids is 1. The van der Waals surface area contributed by atoms with Gasteiger partial charge in [0.2, 0.25) is 0 Å². The Balaban J connectivity index is 1.74. The van der Waals surface area contributed by atoms with Crippen molar-refractivity contribution in [2.75, 3.05) is 19.8 Å². The van der Waals surface area contributed by atoms with Gasteiger partial charge in [0.25, 0.3) is 0 Å². The minimum atomic E-state index is -4.21. The summed E-state index contributed by atoms with van der Waals surface area (Å²) in [6, 6.07) is 0. The van der Waals surface area contributed by atoms with Crippen LogP contribution in [0.4, 0.5) is 4.79 Å². The van der Waals surface area contributed by atoms with Crippen LogP contribution in [0.25, 0.3) is 0 Å². The molecule has 2 unspecified atom stereocenters. The van der Waals surface area contributed by atoms with E-state index in [9.17, 15) is 9.36 Å². The molecule has 0 aliphatic carbocycles. The Morgan fingerprint density at radius 1 is 0.862 bits per heavy atom. The second-order valence-corrected chi connectivity index (χ2v) is 9.86. The van der Waals surface area contributed by atoms with Crippen LogP contribution in [-0.2, 0) is 18.6 Å². The van der Waals surface area contributed by atoms with Crippen LogP contribution >= 0.6 is 7.60 Å². The molecule has 1 rings (SSSR count). The predicted octanol–water partition coefficient (Wildman–Crippen LogP) is 6.99. The van der Waals surface area contributed by atoms with Crippen molar-refractivity contribution in [3.8, 4) is 0 Å². The number of hydrogen-bond donors (Lipinski definition) is 1. The SMILES string of the molecule is CCCCCCCCCCCCCCCCCCOCC1COP(=O)(O)C(=O)O1. The van der Waals surface area contributed by atoms with Crippen LogP contribution in [0.3, 0.4) is 0 Å². The lowest BCUT2D eigenvalue weighted by Gasteiger charge is -2.24. The van der Waals surface area contributed by atoms with Crippen LogP contribution in [-0.4, -0.2) is 36.5 Å². The van der Waals surface area contributed by atoms with E-state index < -0.39 is 19.4 Å². The van der Waals surface area contributed by atoms with Crippen LogP contribution in [0.15, 0.2) is 0 Å². The highest BCUT2D eigenvalue weighted by molar-refractivity contribution is 7.70. The maximum absolute atomic E-state index is 11.2. The standard InChI is InChI=1S/C22H43O6P/c1-2-3-4-5-6-7-8-9-10-11-12-13-14-15-16-17-18-26-19-21-20-27-29(24,25)22(23)28-21/h21H,2-20H2,1H3,(H,24,25). The molecule has 2 atom stereocenters. The molecule has 1 heterocycles. The monoisotopic (exact) mass is 434 g/mol. The smallest absolute Gasteiger partial charge is 0.436 e. The quantitative estimate of drug-likeness (QED) is 0.174. The van der Waals surface area contributed by atoms with E-state index in [4.69, 9.17) is 14.4 Å². The van der Waals surface area contributed by atoms with Crippen molar-refractivity contribution in [2.45, 2.75) is 116 Å². The molecule has 6 nitrogen and oxygen atoms in total. The average molecular weight is 435 g/mol. The fourth-order valence-corrected chi connectivity index (χ4v) is 4.29. The summed E-state index contributed by atoms with van der Waals surface area (Å²) >= 11 is 0. The van der Waals surface area contributed by atoms with Gasteiger partial charge < -0.3 is 14.4 Å². The highest BCUT2D eigenvalue weighted by Gasteiger charge is 2.40. The first-order valence-corrected chi connectivity index (χ1v) is 13.4. The first kappa shape index (κ1) is 26.6. The van der Waals surface area contributed by atoms with Crippen molar-refractivity contribution in [1.82, 2.24) is 0 Å². The third-order valence-electron chi connectivity index (χ3n) is 5.38. The van der Waals surface area contributed by atoms with E-state index in [1.165, 1.54) is 89.9 Å². The molecule has 0 aromatic carbocycles. The van der Waals surface area contributed by atoms with Gasteiger partial charge in [0.1, 0.15) is 6.10 Å². The Morgan fingerprint density at radius 3 is 1.76 bits per heavy atom. The second-order valence-electron chi connectivity index (χ2n) is 8.20. The van der Waals surface area contributed by atoms with Crippen molar-refractivity contribution in [1.29, 1.82) is 0 Å². The third-order valence-corrected chi connectivity index (χ3v) is 6.45. The van der Waals surface area contributed by atoms with Crippen LogP contribution < -0.4 is 0 Å². The van der Waals surface area contributed by atoms with E-state index in [-0.39, 0.29) is 13.2 Å². The predicted molar refractivity (Wildman–Crippen MR) is 116 cm³/mol. The van der Waals surface area contributed by atoms with E-state index in [2.05, 4.69) is 11.4 Å². The lowest BCUT2D eigenvalue weighted by molar-refractivity contribution is -0.0116. The largest absolute Gasteiger partial charge is 0.448 e. The van der Waals surface area contributed by atoms with Gasteiger partial charge in [-0.3, -0.25) is 4.52 Å². The topological polar surface area (TPSA) is 82.1 Å². The molecule has 0 spiro atoms. The summed E-state index contributed by atoms with van der Waals surface area (Å²) in [5, 5.41) is 0. The normalized spacial score (nSPS) is 22.0. The van der Waals surface area contributed by atoms with Crippen molar-refractivity contribution < 1.29 is 28.3 Å². The number of hydrogen-bond acceptors (Lipinski definition) is 5. The van der Waals surface area contributed by atoms with Gasteiger partial charge in [-0.1, -0.05) is 103 Å². The Labute approximate surface area is 177 Å².